The molecule has 0 atom stereocenters. The topological polar surface area (TPSA) is 26.0 Å². The predicted octanol–water partition coefficient (Wildman–Crippen LogP) is 3.73. The molecule has 78 valence electrons. The summed E-state index contributed by atoms with van der Waals surface area (Å²) in [5.74, 6) is 1.34. The maximum atomic E-state index is 5.91. The van der Waals surface area contributed by atoms with Crippen molar-refractivity contribution in [3.63, 3.8) is 0 Å². The molecule has 0 bridgehead atoms. The van der Waals surface area contributed by atoms with Crippen molar-refractivity contribution >= 4 is 24.2 Å². The molecule has 0 saturated carbocycles. The van der Waals surface area contributed by atoms with Gasteiger partial charge in [-0.1, -0.05) is 28.9 Å². The van der Waals surface area contributed by atoms with E-state index < -0.39 is 0 Å². The molecule has 1 heterocycles. The minimum absolute atomic E-state index is 0.579. The first kappa shape index (κ1) is 10.6. The Morgan fingerprint density at radius 1 is 1.47 bits per heavy atom. The molecule has 4 heteroatoms. The highest BCUT2D eigenvalue weighted by Crippen LogP contribution is 2.28. The van der Waals surface area contributed by atoms with E-state index in [-0.39, 0.29) is 0 Å². The molecule has 0 amide bonds. The summed E-state index contributed by atoms with van der Waals surface area (Å²) in [7, 11) is 0. The van der Waals surface area contributed by atoms with E-state index in [1.165, 1.54) is 0 Å². The lowest BCUT2D eigenvalue weighted by molar-refractivity contribution is 0.426. The number of halogens is 1. The van der Waals surface area contributed by atoms with E-state index in [2.05, 4.69) is 17.8 Å². The van der Waals surface area contributed by atoms with Crippen LogP contribution < -0.4 is 0 Å². The zero-order valence-electron chi connectivity index (χ0n) is 8.20. The Labute approximate surface area is 98.6 Å². The van der Waals surface area contributed by atoms with Crippen LogP contribution in [0.4, 0.5) is 0 Å². The second-order valence-corrected chi connectivity index (χ2v) is 4.00. The average Bonchev–Trinajstić information content (AvgIpc) is 2.59. The Balaban J connectivity index is 2.49. The van der Waals surface area contributed by atoms with Crippen LogP contribution >= 0.6 is 24.2 Å². The van der Waals surface area contributed by atoms with Gasteiger partial charge < -0.3 is 4.52 Å². The Morgan fingerprint density at radius 2 is 2.27 bits per heavy atom. The monoisotopic (exact) mass is 239 g/mol. The molecule has 2 rings (SSSR count). The van der Waals surface area contributed by atoms with Crippen LogP contribution in [0.1, 0.15) is 11.3 Å². The summed E-state index contributed by atoms with van der Waals surface area (Å²) in [6, 6.07) is 7.52. The van der Waals surface area contributed by atoms with Crippen LogP contribution in [0, 0.1) is 6.92 Å². The molecule has 0 N–H and O–H groups in total. The van der Waals surface area contributed by atoms with Crippen molar-refractivity contribution < 1.29 is 4.52 Å². The van der Waals surface area contributed by atoms with E-state index in [4.69, 9.17) is 16.1 Å². The molecule has 1 aromatic heterocycles. The Morgan fingerprint density at radius 3 is 2.87 bits per heavy atom. The van der Waals surface area contributed by atoms with Crippen LogP contribution in [0.15, 0.2) is 28.8 Å². The van der Waals surface area contributed by atoms with Crippen LogP contribution in [-0.2, 0) is 5.75 Å². The first-order valence-electron chi connectivity index (χ1n) is 4.54. The minimum atomic E-state index is 0.579. The van der Waals surface area contributed by atoms with Gasteiger partial charge in [0.15, 0.2) is 5.76 Å². The van der Waals surface area contributed by atoms with E-state index >= 15 is 0 Å². The first-order chi connectivity index (χ1) is 7.22. The number of thiol groups is 1. The number of nitrogens with zero attached hydrogens (tertiary/aromatic N) is 1. The van der Waals surface area contributed by atoms with E-state index in [1.807, 2.05) is 31.2 Å². The SMILES string of the molecule is Cc1c(CS)noc1-c1cccc(Cl)c1. The van der Waals surface area contributed by atoms with Crippen LogP contribution in [0.2, 0.25) is 5.02 Å². The normalized spacial score (nSPS) is 10.6. The van der Waals surface area contributed by atoms with Crippen molar-refractivity contribution in [1.29, 1.82) is 0 Å². The van der Waals surface area contributed by atoms with Crippen molar-refractivity contribution in [3.05, 3.63) is 40.5 Å². The van der Waals surface area contributed by atoms with Crippen LogP contribution in [-0.4, -0.2) is 5.16 Å². The lowest BCUT2D eigenvalue weighted by Gasteiger charge is -1.98. The lowest BCUT2D eigenvalue weighted by atomic mass is 10.1. The van der Waals surface area contributed by atoms with Crippen molar-refractivity contribution in [2.75, 3.05) is 0 Å². The van der Waals surface area contributed by atoms with Gasteiger partial charge in [0.25, 0.3) is 0 Å². The van der Waals surface area contributed by atoms with Crippen molar-refractivity contribution in [3.8, 4) is 11.3 Å². The number of rotatable bonds is 2. The summed E-state index contributed by atoms with van der Waals surface area (Å²) in [4.78, 5) is 0. The smallest absolute Gasteiger partial charge is 0.170 e. The van der Waals surface area contributed by atoms with Crippen LogP contribution in [0.5, 0.6) is 0 Å². The molecule has 0 aliphatic rings. The van der Waals surface area contributed by atoms with E-state index in [0.717, 1.165) is 22.6 Å². The molecular formula is C11H10ClNOS. The van der Waals surface area contributed by atoms with Gasteiger partial charge in [-0.05, 0) is 19.1 Å². The molecular weight excluding hydrogens is 230 g/mol. The number of hydrogen-bond acceptors (Lipinski definition) is 3. The quantitative estimate of drug-likeness (QED) is 0.809. The maximum absolute atomic E-state index is 5.91. The molecule has 0 spiro atoms. The van der Waals surface area contributed by atoms with Crippen molar-refractivity contribution in [2.45, 2.75) is 12.7 Å². The first-order valence-corrected chi connectivity index (χ1v) is 5.55. The Hall–Kier alpha value is -0.930. The summed E-state index contributed by atoms with van der Waals surface area (Å²) >= 11 is 10.1. The number of aromatic nitrogens is 1. The molecule has 2 aromatic rings. The van der Waals surface area contributed by atoms with Gasteiger partial charge in [0.05, 0.1) is 5.69 Å². The summed E-state index contributed by atoms with van der Waals surface area (Å²) < 4.78 is 5.27. The van der Waals surface area contributed by atoms with Crippen LogP contribution in [0.25, 0.3) is 11.3 Å². The summed E-state index contributed by atoms with van der Waals surface area (Å²) in [5.41, 5.74) is 2.83. The molecule has 0 saturated heterocycles. The summed E-state index contributed by atoms with van der Waals surface area (Å²) in [6.45, 7) is 1.97. The highest BCUT2D eigenvalue weighted by Gasteiger charge is 2.12. The number of benzene rings is 1. The largest absolute Gasteiger partial charge is 0.356 e. The fourth-order valence-electron chi connectivity index (χ4n) is 1.42. The molecule has 0 radical (unpaired) electrons. The fraction of sp³-hybridized carbons (Fsp3) is 0.182. The Bertz CT molecular complexity index is 481. The summed E-state index contributed by atoms with van der Waals surface area (Å²) in [6.07, 6.45) is 0. The minimum Gasteiger partial charge on any atom is -0.356 e. The molecule has 0 aliphatic carbocycles. The van der Waals surface area contributed by atoms with Gasteiger partial charge in [-0.25, -0.2) is 0 Å². The van der Waals surface area contributed by atoms with Gasteiger partial charge in [-0.2, -0.15) is 12.6 Å². The fourth-order valence-corrected chi connectivity index (χ4v) is 1.90. The Kier molecular flexibility index (Phi) is 3.03. The molecule has 0 aliphatic heterocycles. The van der Waals surface area contributed by atoms with Gasteiger partial charge in [0, 0.05) is 21.9 Å². The third kappa shape index (κ3) is 2.03. The molecule has 1 aromatic carbocycles. The van der Waals surface area contributed by atoms with Gasteiger partial charge in [-0.15, -0.1) is 0 Å². The summed E-state index contributed by atoms with van der Waals surface area (Å²) in [5, 5.41) is 4.64. The van der Waals surface area contributed by atoms with Gasteiger partial charge in [0.2, 0.25) is 0 Å². The van der Waals surface area contributed by atoms with Crippen molar-refractivity contribution in [2.24, 2.45) is 0 Å². The van der Waals surface area contributed by atoms with E-state index in [9.17, 15) is 0 Å². The maximum Gasteiger partial charge on any atom is 0.170 e. The molecule has 15 heavy (non-hydrogen) atoms. The lowest BCUT2D eigenvalue weighted by Crippen LogP contribution is -1.82. The zero-order valence-corrected chi connectivity index (χ0v) is 9.85. The van der Waals surface area contributed by atoms with Gasteiger partial charge in [-0.3, -0.25) is 0 Å². The molecule has 0 unspecified atom stereocenters. The second kappa shape index (κ2) is 4.29. The van der Waals surface area contributed by atoms with Crippen LogP contribution in [0.3, 0.4) is 0 Å². The highest BCUT2D eigenvalue weighted by molar-refractivity contribution is 7.79. The van der Waals surface area contributed by atoms with Gasteiger partial charge in [0.1, 0.15) is 0 Å². The standard InChI is InChI=1S/C11H10ClNOS/c1-7-10(6-15)13-14-11(7)8-3-2-4-9(12)5-8/h2-5,15H,6H2,1H3. The van der Waals surface area contributed by atoms with Gasteiger partial charge >= 0.3 is 0 Å². The predicted molar refractivity (Wildman–Crippen MR) is 64.4 cm³/mol. The molecule has 2 nitrogen and oxygen atoms in total. The van der Waals surface area contributed by atoms with E-state index in [0.29, 0.717) is 10.8 Å². The highest BCUT2D eigenvalue weighted by atomic mass is 35.5. The number of hydrogen-bond donors (Lipinski definition) is 1. The second-order valence-electron chi connectivity index (χ2n) is 3.25. The average molecular weight is 240 g/mol. The molecule has 0 fully saturated rings. The van der Waals surface area contributed by atoms with E-state index in [1.54, 1.807) is 0 Å². The third-order valence-electron chi connectivity index (χ3n) is 2.26. The third-order valence-corrected chi connectivity index (χ3v) is 2.79. The zero-order chi connectivity index (χ0) is 10.8. The van der Waals surface area contributed by atoms with Crippen molar-refractivity contribution in [1.82, 2.24) is 5.16 Å².